The molecule has 0 saturated carbocycles. The van der Waals surface area contributed by atoms with Gasteiger partial charge < -0.3 is 0 Å². The van der Waals surface area contributed by atoms with Gasteiger partial charge in [0.15, 0.2) is 0 Å². The number of aromatic nitrogens is 2. The average molecular weight is 107 g/mol. The Kier molecular flexibility index (Phi) is 1.01. The van der Waals surface area contributed by atoms with Crippen LogP contribution in [-0.2, 0) is 7.05 Å². The lowest BCUT2D eigenvalue weighted by Gasteiger charge is -1.78. The van der Waals surface area contributed by atoms with Crippen molar-refractivity contribution in [1.82, 2.24) is 9.78 Å². The van der Waals surface area contributed by atoms with Gasteiger partial charge in [-0.25, -0.2) is 4.85 Å². The number of aryl methyl sites for hydroxylation is 1. The molecule has 0 aliphatic heterocycles. The van der Waals surface area contributed by atoms with E-state index < -0.39 is 0 Å². The minimum absolute atomic E-state index is 0.590. The Morgan fingerprint density at radius 2 is 2.62 bits per heavy atom. The number of hydrogen-bond acceptors (Lipinski definition) is 1. The SMILES string of the molecule is [C-]#[N+]c1cnn(C)c1. The van der Waals surface area contributed by atoms with Gasteiger partial charge in [0.25, 0.3) is 0 Å². The lowest BCUT2D eigenvalue weighted by atomic mass is 10.6. The Morgan fingerprint density at radius 1 is 1.88 bits per heavy atom. The fourth-order valence-corrected chi connectivity index (χ4v) is 0.466. The van der Waals surface area contributed by atoms with Crippen molar-refractivity contribution in [3.05, 3.63) is 23.8 Å². The second-order valence-electron chi connectivity index (χ2n) is 1.48. The zero-order valence-corrected chi connectivity index (χ0v) is 4.50. The van der Waals surface area contributed by atoms with Gasteiger partial charge in [-0.3, -0.25) is 4.68 Å². The van der Waals surface area contributed by atoms with Crippen LogP contribution in [0.1, 0.15) is 0 Å². The van der Waals surface area contributed by atoms with Crippen LogP contribution in [0.25, 0.3) is 4.85 Å². The highest BCUT2D eigenvalue weighted by Crippen LogP contribution is 2.05. The molecule has 0 amide bonds. The van der Waals surface area contributed by atoms with Crippen LogP contribution >= 0.6 is 0 Å². The van der Waals surface area contributed by atoms with Gasteiger partial charge in [0.05, 0.1) is 12.8 Å². The predicted octanol–water partition coefficient (Wildman–Crippen LogP) is 0.971. The van der Waals surface area contributed by atoms with E-state index in [9.17, 15) is 0 Å². The average Bonchev–Trinajstić information content (AvgIpc) is 2.14. The monoisotopic (exact) mass is 107 g/mol. The Balaban J connectivity index is 3.05. The molecule has 1 aromatic rings. The first kappa shape index (κ1) is 4.85. The van der Waals surface area contributed by atoms with Crippen LogP contribution in [0.2, 0.25) is 0 Å². The van der Waals surface area contributed by atoms with Crippen LogP contribution < -0.4 is 0 Å². The standard InChI is InChI=1S/C5H5N3/c1-6-5-3-7-8(2)4-5/h3-4H,2H3. The summed E-state index contributed by atoms with van der Waals surface area (Å²) in [4.78, 5) is 3.16. The first-order chi connectivity index (χ1) is 3.83. The molecule has 1 heterocycles. The molecule has 3 nitrogen and oxygen atoms in total. The highest BCUT2D eigenvalue weighted by molar-refractivity contribution is 5.38. The van der Waals surface area contributed by atoms with E-state index in [1.165, 1.54) is 6.20 Å². The summed E-state index contributed by atoms with van der Waals surface area (Å²) in [5, 5.41) is 3.79. The molecular weight excluding hydrogens is 102 g/mol. The largest absolute Gasteiger partial charge is 0.287 e. The molecule has 0 saturated heterocycles. The van der Waals surface area contributed by atoms with E-state index >= 15 is 0 Å². The van der Waals surface area contributed by atoms with Crippen LogP contribution in [0, 0.1) is 6.57 Å². The molecule has 0 N–H and O–H groups in total. The summed E-state index contributed by atoms with van der Waals surface area (Å²) in [5.41, 5.74) is 0.590. The van der Waals surface area contributed by atoms with E-state index in [1.54, 1.807) is 17.9 Å². The summed E-state index contributed by atoms with van der Waals surface area (Å²) in [6.07, 6.45) is 3.21. The van der Waals surface area contributed by atoms with E-state index in [0.717, 1.165) is 0 Å². The highest BCUT2D eigenvalue weighted by atomic mass is 15.2. The van der Waals surface area contributed by atoms with Crippen molar-refractivity contribution in [3.63, 3.8) is 0 Å². The van der Waals surface area contributed by atoms with Crippen molar-refractivity contribution in [3.8, 4) is 0 Å². The second kappa shape index (κ2) is 1.66. The van der Waals surface area contributed by atoms with Gasteiger partial charge in [-0.2, -0.15) is 5.10 Å². The molecule has 0 radical (unpaired) electrons. The molecule has 40 valence electrons. The molecule has 0 aromatic carbocycles. The van der Waals surface area contributed by atoms with Crippen LogP contribution in [0.15, 0.2) is 12.4 Å². The van der Waals surface area contributed by atoms with Crippen LogP contribution in [-0.4, -0.2) is 9.78 Å². The van der Waals surface area contributed by atoms with E-state index in [0.29, 0.717) is 5.69 Å². The quantitative estimate of drug-likeness (QED) is 0.453. The molecule has 1 rings (SSSR count). The zero-order valence-electron chi connectivity index (χ0n) is 4.50. The van der Waals surface area contributed by atoms with E-state index in [1.807, 2.05) is 0 Å². The first-order valence-electron chi connectivity index (χ1n) is 2.19. The van der Waals surface area contributed by atoms with Gasteiger partial charge in [-0.1, -0.05) is 0 Å². The van der Waals surface area contributed by atoms with Crippen molar-refractivity contribution in [2.24, 2.45) is 7.05 Å². The minimum Gasteiger partial charge on any atom is -0.287 e. The molecule has 0 atom stereocenters. The fourth-order valence-electron chi connectivity index (χ4n) is 0.466. The van der Waals surface area contributed by atoms with Crippen LogP contribution in [0.4, 0.5) is 5.69 Å². The maximum Gasteiger partial charge on any atom is 0.224 e. The minimum atomic E-state index is 0.590. The molecule has 0 spiro atoms. The zero-order chi connectivity index (χ0) is 5.98. The lowest BCUT2D eigenvalue weighted by molar-refractivity contribution is 0.768. The van der Waals surface area contributed by atoms with Gasteiger partial charge >= 0.3 is 0 Å². The van der Waals surface area contributed by atoms with Crippen LogP contribution in [0.5, 0.6) is 0 Å². The smallest absolute Gasteiger partial charge is 0.224 e. The van der Waals surface area contributed by atoms with Gasteiger partial charge in [-0.15, -0.1) is 0 Å². The molecule has 1 aromatic heterocycles. The molecule has 0 aliphatic carbocycles. The van der Waals surface area contributed by atoms with Gasteiger partial charge in [0.2, 0.25) is 5.69 Å². The first-order valence-corrected chi connectivity index (χ1v) is 2.19. The number of hydrogen-bond donors (Lipinski definition) is 0. The topological polar surface area (TPSA) is 22.2 Å². The summed E-state index contributed by atoms with van der Waals surface area (Å²) in [6, 6.07) is 0. The number of rotatable bonds is 0. The normalized spacial score (nSPS) is 8.50. The lowest BCUT2D eigenvalue weighted by Crippen LogP contribution is -1.83. The summed E-state index contributed by atoms with van der Waals surface area (Å²) < 4.78 is 1.60. The van der Waals surface area contributed by atoms with Crippen molar-refractivity contribution in [2.45, 2.75) is 0 Å². The maximum atomic E-state index is 6.53. The molecule has 3 heteroatoms. The van der Waals surface area contributed by atoms with Gasteiger partial charge in [0, 0.05) is 13.2 Å². The summed E-state index contributed by atoms with van der Waals surface area (Å²) in [7, 11) is 1.79. The van der Waals surface area contributed by atoms with Gasteiger partial charge in [-0.05, 0) is 0 Å². The Hall–Kier alpha value is -1.30. The molecule has 0 fully saturated rings. The summed E-state index contributed by atoms with van der Waals surface area (Å²) in [5.74, 6) is 0. The van der Waals surface area contributed by atoms with Crippen molar-refractivity contribution in [2.75, 3.05) is 0 Å². The third-order valence-corrected chi connectivity index (χ3v) is 0.820. The molecule has 8 heavy (non-hydrogen) atoms. The van der Waals surface area contributed by atoms with Crippen molar-refractivity contribution < 1.29 is 0 Å². The van der Waals surface area contributed by atoms with E-state index in [2.05, 4.69) is 9.94 Å². The molecular formula is C5H5N3. The molecule has 0 aliphatic rings. The predicted molar refractivity (Wildman–Crippen MR) is 29.5 cm³/mol. The van der Waals surface area contributed by atoms with E-state index in [-0.39, 0.29) is 0 Å². The fraction of sp³-hybridized carbons (Fsp3) is 0.200. The highest BCUT2D eigenvalue weighted by Gasteiger charge is 1.88. The summed E-state index contributed by atoms with van der Waals surface area (Å²) in [6.45, 7) is 6.53. The maximum absolute atomic E-state index is 6.53. The van der Waals surface area contributed by atoms with Crippen molar-refractivity contribution in [1.29, 1.82) is 0 Å². The molecule has 0 unspecified atom stereocenters. The van der Waals surface area contributed by atoms with Gasteiger partial charge in [0.1, 0.15) is 0 Å². The van der Waals surface area contributed by atoms with Crippen LogP contribution in [0.3, 0.4) is 0 Å². The Labute approximate surface area is 47.4 Å². The Bertz CT molecular complexity index is 218. The van der Waals surface area contributed by atoms with Crippen molar-refractivity contribution >= 4 is 5.69 Å². The summed E-state index contributed by atoms with van der Waals surface area (Å²) >= 11 is 0. The second-order valence-corrected chi connectivity index (χ2v) is 1.48. The number of nitrogens with zero attached hydrogens (tertiary/aromatic N) is 3. The third-order valence-electron chi connectivity index (χ3n) is 0.820. The molecule has 0 bridgehead atoms. The third kappa shape index (κ3) is 0.684. The van der Waals surface area contributed by atoms with E-state index in [4.69, 9.17) is 6.57 Å². The Morgan fingerprint density at radius 3 is 2.88 bits per heavy atom.